The maximum absolute atomic E-state index is 11.9. The third-order valence-corrected chi connectivity index (χ3v) is 3.87. The van der Waals surface area contributed by atoms with E-state index < -0.39 is 0 Å². The van der Waals surface area contributed by atoms with Crippen molar-refractivity contribution in [1.29, 1.82) is 0 Å². The van der Waals surface area contributed by atoms with Gasteiger partial charge in [-0.2, -0.15) is 0 Å². The van der Waals surface area contributed by atoms with Crippen LogP contribution in [-0.2, 0) is 10.7 Å². The van der Waals surface area contributed by atoms with Gasteiger partial charge < -0.3 is 5.32 Å². The molecule has 1 amide bonds. The molecule has 0 aromatic heterocycles. The molecule has 0 atom stereocenters. The molecule has 0 saturated heterocycles. The number of nitrogens with one attached hydrogen (secondary N) is 1. The van der Waals surface area contributed by atoms with Gasteiger partial charge in [-0.3, -0.25) is 4.79 Å². The van der Waals surface area contributed by atoms with E-state index in [-0.39, 0.29) is 5.91 Å². The van der Waals surface area contributed by atoms with E-state index in [1.54, 1.807) is 0 Å². The zero-order valence-electron chi connectivity index (χ0n) is 10.6. The Morgan fingerprint density at radius 2 is 2.06 bits per heavy atom. The van der Waals surface area contributed by atoms with Gasteiger partial charge >= 0.3 is 0 Å². The molecule has 0 spiro atoms. The lowest BCUT2D eigenvalue weighted by Crippen LogP contribution is -2.18. The highest BCUT2D eigenvalue weighted by atomic mass is 35.5. The Hall–Kier alpha value is -1.02. The molecular weight excluding hydrogens is 246 g/mol. The lowest BCUT2D eigenvalue weighted by atomic mass is 9.87. The smallest absolute Gasteiger partial charge is 0.224 e. The molecule has 1 aliphatic carbocycles. The molecule has 3 heteroatoms. The predicted molar refractivity (Wildman–Crippen MR) is 75.8 cm³/mol. The Labute approximate surface area is 114 Å². The summed E-state index contributed by atoms with van der Waals surface area (Å²) in [5.74, 6) is 1.19. The molecule has 1 fully saturated rings. The topological polar surface area (TPSA) is 29.1 Å². The fourth-order valence-electron chi connectivity index (χ4n) is 2.60. The largest absolute Gasteiger partial charge is 0.326 e. The number of hydrogen-bond acceptors (Lipinski definition) is 1. The van der Waals surface area contributed by atoms with Crippen molar-refractivity contribution < 1.29 is 4.79 Å². The first-order chi connectivity index (χ1) is 8.78. The van der Waals surface area contributed by atoms with E-state index >= 15 is 0 Å². The van der Waals surface area contributed by atoms with Gasteiger partial charge in [0.1, 0.15) is 0 Å². The maximum Gasteiger partial charge on any atom is 0.224 e. The molecule has 98 valence electrons. The monoisotopic (exact) mass is 265 g/mol. The van der Waals surface area contributed by atoms with E-state index in [2.05, 4.69) is 5.32 Å². The number of anilines is 1. The van der Waals surface area contributed by atoms with Crippen LogP contribution in [0.3, 0.4) is 0 Å². The second kappa shape index (κ2) is 6.79. The highest BCUT2D eigenvalue weighted by molar-refractivity contribution is 6.17. The summed E-state index contributed by atoms with van der Waals surface area (Å²) < 4.78 is 0. The fourth-order valence-corrected chi connectivity index (χ4v) is 2.76. The summed E-state index contributed by atoms with van der Waals surface area (Å²) in [5.41, 5.74) is 1.89. The van der Waals surface area contributed by atoms with Crippen LogP contribution in [0.2, 0.25) is 0 Å². The van der Waals surface area contributed by atoms with Crippen LogP contribution in [0.5, 0.6) is 0 Å². The van der Waals surface area contributed by atoms with Gasteiger partial charge in [0.2, 0.25) is 5.91 Å². The summed E-state index contributed by atoms with van der Waals surface area (Å²) in [5, 5.41) is 2.97. The molecule has 1 N–H and O–H groups in total. The number of halogens is 1. The third-order valence-electron chi connectivity index (χ3n) is 3.56. The Morgan fingerprint density at radius 3 is 2.78 bits per heavy atom. The molecule has 2 nitrogen and oxygen atoms in total. The average Bonchev–Trinajstić information content (AvgIpc) is 2.40. The molecule has 0 heterocycles. The van der Waals surface area contributed by atoms with Crippen molar-refractivity contribution in [3.05, 3.63) is 29.8 Å². The number of benzene rings is 1. The maximum atomic E-state index is 11.9. The summed E-state index contributed by atoms with van der Waals surface area (Å²) >= 11 is 5.78. The first kappa shape index (κ1) is 13.4. The Balaban J connectivity index is 1.85. The number of amides is 1. The zero-order valence-corrected chi connectivity index (χ0v) is 11.4. The van der Waals surface area contributed by atoms with Crippen molar-refractivity contribution in [2.45, 2.75) is 44.4 Å². The van der Waals surface area contributed by atoms with Gasteiger partial charge in [0.25, 0.3) is 0 Å². The van der Waals surface area contributed by atoms with Crippen molar-refractivity contribution in [3.63, 3.8) is 0 Å². The van der Waals surface area contributed by atoms with Gasteiger partial charge in [-0.15, -0.1) is 11.6 Å². The summed E-state index contributed by atoms with van der Waals surface area (Å²) in [6.07, 6.45) is 6.95. The molecular formula is C15H20ClNO. The Morgan fingerprint density at radius 1 is 1.28 bits per heavy atom. The summed E-state index contributed by atoms with van der Waals surface area (Å²) in [6.45, 7) is 0. The average molecular weight is 266 g/mol. The molecule has 0 bridgehead atoms. The minimum Gasteiger partial charge on any atom is -0.326 e. The summed E-state index contributed by atoms with van der Waals surface area (Å²) in [6, 6.07) is 7.73. The quantitative estimate of drug-likeness (QED) is 0.807. The zero-order chi connectivity index (χ0) is 12.8. The van der Waals surface area contributed by atoms with Crippen molar-refractivity contribution in [2.24, 2.45) is 5.92 Å². The van der Waals surface area contributed by atoms with E-state index in [0.717, 1.165) is 11.3 Å². The number of alkyl halides is 1. The molecule has 0 aliphatic heterocycles. The SMILES string of the molecule is O=C(CC1CCCCC1)Nc1cccc(CCl)c1. The lowest BCUT2D eigenvalue weighted by Gasteiger charge is -2.20. The first-order valence-electron chi connectivity index (χ1n) is 6.72. The molecule has 0 unspecified atom stereocenters. The van der Waals surface area contributed by atoms with Gasteiger partial charge in [0, 0.05) is 18.0 Å². The number of carbonyl (C=O) groups is 1. The van der Waals surface area contributed by atoms with E-state index in [4.69, 9.17) is 11.6 Å². The van der Waals surface area contributed by atoms with Gasteiger partial charge in [0.15, 0.2) is 0 Å². The van der Waals surface area contributed by atoms with Gasteiger partial charge in [-0.05, 0) is 36.5 Å². The number of hydrogen-bond donors (Lipinski definition) is 1. The summed E-state index contributed by atoms with van der Waals surface area (Å²) in [7, 11) is 0. The molecule has 1 aromatic carbocycles. The van der Waals surface area contributed by atoms with Crippen LogP contribution in [0.15, 0.2) is 24.3 Å². The van der Waals surface area contributed by atoms with Gasteiger partial charge in [0.05, 0.1) is 0 Å². The van der Waals surface area contributed by atoms with Crippen LogP contribution in [0.4, 0.5) is 5.69 Å². The predicted octanol–water partition coefficient (Wildman–Crippen LogP) is 4.33. The molecule has 1 aromatic rings. The second-order valence-corrected chi connectivity index (χ2v) is 5.36. The van der Waals surface area contributed by atoms with Crippen LogP contribution < -0.4 is 5.32 Å². The fraction of sp³-hybridized carbons (Fsp3) is 0.533. The highest BCUT2D eigenvalue weighted by Gasteiger charge is 2.16. The molecule has 1 aliphatic rings. The van der Waals surface area contributed by atoms with Crippen LogP contribution in [0.1, 0.15) is 44.1 Å². The van der Waals surface area contributed by atoms with Crippen LogP contribution in [0, 0.1) is 5.92 Å². The lowest BCUT2D eigenvalue weighted by molar-refractivity contribution is -0.117. The van der Waals surface area contributed by atoms with Crippen molar-refractivity contribution in [2.75, 3.05) is 5.32 Å². The standard InChI is InChI=1S/C15H20ClNO/c16-11-13-7-4-8-14(9-13)17-15(18)10-12-5-2-1-3-6-12/h4,7-9,12H,1-3,5-6,10-11H2,(H,17,18). The molecule has 1 saturated carbocycles. The second-order valence-electron chi connectivity index (χ2n) is 5.09. The van der Waals surface area contributed by atoms with Crippen molar-refractivity contribution in [1.82, 2.24) is 0 Å². The van der Waals surface area contributed by atoms with Crippen LogP contribution in [-0.4, -0.2) is 5.91 Å². The van der Waals surface area contributed by atoms with E-state index in [1.165, 1.54) is 32.1 Å². The third kappa shape index (κ3) is 4.02. The van der Waals surface area contributed by atoms with Crippen LogP contribution in [0.25, 0.3) is 0 Å². The van der Waals surface area contributed by atoms with Crippen molar-refractivity contribution >= 4 is 23.2 Å². The minimum atomic E-state index is 0.133. The van der Waals surface area contributed by atoms with E-state index in [9.17, 15) is 4.79 Å². The van der Waals surface area contributed by atoms with Gasteiger partial charge in [-0.25, -0.2) is 0 Å². The Bertz CT molecular complexity index is 399. The van der Waals surface area contributed by atoms with E-state index in [1.807, 2.05) is 24.3 Å². The normalized spacial score (nSPS) is 16.5. The first-order valence-corrected chi connectivity index (χ1v) is 7.26. The minimum absolute atomic E-state index is 0.133. The Kier molecular flexibility index (Phi) is 5.06. The highest BCUT2D eigenvalue weighted by Crippen LogP contribution is 2.26. The van der Waals surface area contributed by atoms with E-state index in [0.29, 0.717) is 18.2 Å². The molecule has 0 radical (unpaired) electrons. The van der Waals surface area contributed by atoms with Crippen LogP contribution >= 0.6 is 11.6 Å². The summed E-state index contributed by atoms with van der Waals surface area (Å²) in [4.78, 5) is 11.9. The van der Waals surface area contributed by atoms with Crippen molar-refractivity contribution in [3.8, 4) is 0 Å². The number of rotatable bonds is 4. The number of carbonyl (C=O) groups excluding carboxylic acids is 1. The molecule has 18 heavy (non-hydrogen) atoms. The van der Waals surface area contributed by atoms with Gasteiger partial charge in [-0.1, -0.05) is 31.4 Å². The molecule has 2 rings (SSSR count).